The van der Waals surface area contributed by atoms with E-state index < -0.39 is 53.2 Å². The molecular weight excluding hydrogens is 1020 g/mol. The molecule has 380 valence electrons. The molecule has 0 spiro atoms. The van der Waals surface area contributed by atoms with Crippen molar-refractivity contribution in [3.8, 4) is 0 Å². The number of hydrogen-bond donors (Lipinski definition) is 2. The quantitative estimate of drug-likeness (QED) is 0.0231. The Kier molecular flexibility index (Phi) is 14.7. The molecule has 11 rings (SSSR count). The number of ether oxygens (including phenoxy) is 1. The van der Waals surface area contributed by atoms with Crippen LogP contribution in [0.3, 0.4) is 0 Å². The number of carbonyl (C=O) groups is 3. The number of fused-ring (bicyclic) bond motifs is 1. The van der Waals surface area contributed by atoms with Gasteiger partial charge in [0.05, 0.1) is 6.04 Å². The second-order valence-corrected chi connectivity index (χ2v) is 20.9. The summed E-state index contributed by atoms with van der Waals surface area (Å²) < 4.78 is 6.42. The van der Waals surface area contributed by atoms with Gasteiger partial charge in [0.1, 0.15) is 21.6 Å². The zero-order chi connectivity index (χ0) is 52.8. The third-order valence-corrected chi connectivity index (χ3v) is 15.8. The molecular formula is C64H50ClN5O5S2. The van der Waals surface area contributed by atoms with Gasteiger partial charge in [-0.3, -0.25) is 9.59 Å². The molecule has 9 aromatic rings. The van der Waals surface area contributed by atoms with E-state index in [9.17, 15) is 9.59 Å². The molecule has 2 amide bonds. The number of halogens is 1. The number of benzene rings is 8. The number of thiocarbonyl (C=S) groups is 1. The van der Waals surface area contributed by atoms with Crippen molar-refractivity contribution in [2.24, 2.45) is 5.16 Å². The van der Waals surface area contributed by atoms with Gasteiger partial charge in [-0.2, -0.15) is 0 Å². The first kappa shape index (κ1) is 50.6. The number of nitrogens with zero attached hydrogens (tertiary/aromatic N) is 3. The lowest BCUT2D eigenvalue weighted by Gasteiger charge is -2.53. The molecule has 1 unspecified atom stereocenters. The van der Waals surface area contributed by atoms with E-state index in [4.69, 9.17) is 43.5 Å². The molecule has 3 atom stereocenters. The lowest BCUT2D eigenvalue weighted by Crippen LogP contribution is -2.77. The van der Waals surface area contributed by atoms with E-state index in [0.29, 0.717) is 22.8 Å². The molecule has 2 aliphatic rings. The minimum atomic E-state index is -1.41. The summed E-state index contributed by atoms with van der Waals surface area (Å²) in [6.45, 7) is 0. The van der Waals surface area contributed by atoms with Crippen LogP contribution in [-0.2, 0) is 35.1 Å². The molecule has 1 aromatic heterocycles. The number of amides is 2. The number of anilines is 1. The van der Waals surface area contributed by atoms with Gasteiger partial charge in [0.2, 0.25) is 11.5 Å². The highest BCUT2D eigenvalue weighted by atomic mass is 35.5. The Morgan fingerprint density at radius 3 is 1.45 bits per heavy atom. The van der Waals surface area contributed by atoms with Gasteiger partial charge in [0.25, 0.3) is 5.91 Å². The molecule has 2 N–H and O–H groups in total. The number of aromatic nitrogens is 1. The number of thiazole rings is 1. The smallest absolute Gasteiger partial charge is 0.335 e. The maximum absolute atomic E-state index is 15.4. The van der Waals surface area contributed by atoms with Gasteiger partial charge in [-0.1, -0.05) is 283 Å². The number of rotatable bonds is 17. The molecule has 10 nitrogen and oxygen atoms in total. The average molecular weight is 1070 g/mol. The zero-order valence-electron chi connectivity index (χ0n) is 41.4. The first-order chi connectivity index (χ1) is 37.8. The van der Waals surface area contributed by atoms with Crippen LogP contribution in [0.4, 0.5) is 5.13 Å². The van der Waals surface area contributed by atoms with Gasteiger partial charge >= 0.3 is 5.97 Å². The van der Waals surface area contributed by atoms with Crippen molar-refractivity contribution >= 4 is 68.6 Å². The normalized spacial score (nSPS) is 16.5. The SMILES string of the molecule is O=C(N[C@@H]1C(=O)N2C(C(=O)OC(c3ccccc3)c3ccccc3)C(=S)CC[C@H]12)C(=NOC(c1ccccc1)(c1ccccc1)c1ccccc1)c1nc(NC(c2ccccc2)(c2ccccc2)c2ccccc2)sc1Cl. The third-order valence-electron chi connectivity index (χ3n) is 14.2. The predicted octanol–water partition coefficient (Wildman–Crippen LogP) is 12.5. The van der Waals surface area contributed by atoms with Crippen molar-refractivity contribution in [2.75, 3.05) is 5.32 Å². The van der Waals surface area contributed by atoms with Crippen molar-refractivity contribution in [1.29, 1.82) is 0 Å². The summed E-state index contributed by atoms with van der Waals surface area (Å²) in [7, 11) is 0. The fourth-order valence-electron chi connectivity index (χ4n) is 10.6. The van der Waals surface area contributed by atoms with Crippen LogP contribution < -0.4 is 10.6 Å². The molecule has 2 aliphatic heterocycles. The molecule has 2 fully saturated rings. The summed E-state index contributed by atoms with van der Waals surface area (Å²) >= 11 is 14.3. The van der Waals surface area contributed by atoms with Crippen LogP contribution in [0.2, 0.25) is 4.34 Å². The van der Waals surface area contributed by atoms with Crippen LogP contribution in [0.1, 0.15) is 69.1 Å². The lowest BCUT2D eigenvalue weighted by atomic mass is 9.77. The van der Waals surface area contributed by atoms with Crippen molar-refractivity contribution < 1.29 is 24.0 Å². The van der Waals surface area contributed by atoms with Crippen LogP contribution in [-0.4, -0.2) is 56.4 Å². The molecule has 0 bridgehead atoms. The lowest BCUT2D eigenvalue weighted by molar-refractivity contribution is -0.168. The standard InChI is InChI=1S/C64H50ClN5O5S2/c65-58-54(67-62(77-58)68-63(45-29-13-3-14-30-45,46-31-15-4-16-32-46)47-33-17-5-18-34-47)55(69-75-64(48-35-19-6-20-36-48,49-37-21-7-22-38-49)50-39-23-8-24-40-50)59(71)66-53-51-41-42-52(76)56(70(51)60(53)72)61(73)74-57(43-25-9-1-10-26-43)44-27-11-2-12-28-44/h1-40,51,53,56-57H,41-42H2,(H,66,71)(H,67,68)/t51-,53+,56?/m1/s1. The van der Waals surface area contributed by atoms with Gasteiger partial charge in [-0.15, -0.1) is 0 Å². The zero-order valence-corrected chi connectivity index (χ0v) is 43.8. The number of nitrogens with one attached hydrogen (secondary N) is 2. The van der Waals surface area contributed by atoms with Crippen molar-refractivity contribution in [3.05, 3.63) is 297 Å². The molecule has 8 aromatic carbocycles. The summed E-state index contributed by atoms with van der Waals surface area (Å²) in [5.41, 5.74) is 3.84. The maximum Gasteiger partial charge on any atom is 0.335 e. The minimum absolute atomic E-state index is 0.0191. The number of oxime groups is 1. The van der Waals surface area contributed by atoms with Crippen molar-refractivity contribution in [1.82, 2.24) is 15.2 Å². The third kappa shape index (κ3) is 9.83. The predicted molar refractivity (Wildman–Crippen MR) is 306 cm³/mol. The Hall–Kier alpha value is -8.55. The number of hydrogen-bond acceptors (Lipinski definition) is 10. The van der Waals surface area contributed by atoms with E-state index in [1.54, 1.807) is 0 Å². The summed E-state index contributed by atoms with van der Waals surface area (Å²) in [6, 6.07) is 75.1. The van der Waals surface area contributed by atoms with Crippen LogP contribution in [0.15, 0.2) is 248 Å². The minimum Gasteiger partial charge on any atom is -0.451 e. The summed E-state index contributed by atoms with van der Waals surface area (Å²) in [5.74, 6) is -1.93. The average Bonchev–Trinajstić information content (AvgIpc) is 3.90. The van der Waals surface area contributed by atoms with Gasteiger partial charge in [0, 0.05) is 21.6 Å². The topological polar surface area (TPSA) is 122 Å². The number of carbonyl (C=O) groups excluding carboxylic acids is 3. The Labute approximate surface area is 461 Å². The summed E-state index contributed by atoms with van der Waals surface area (Å²) in [6.07, 6.45) is -0.0172. The monoisotopic (exact) mass is 1070 g/mol. The molecule has 2 saturated heterocycles. The molecule has 0 radical (unpaired) electrons. The van der Waals surface area contributed by atoms with Crippen LogP contribution in [0.5, 0.6) is 0 Å². The first-order valence-corrected chi connectivity index (χ1v) is 26.9. The van der Waals surface area contributed by atoms with Gasteiger partial charge in [-0.25, -0.2) is 9.78 Å². The van der Waals surface area contributed by atoms with E-state index in [-0.39, 0.29) is 15.7 Å². The van der Waals surface area contributed by atoms with E-state index >= 15 is 4.79 Å². The Bertz CT molecular complexity index is 3310. The highest BCUT2D eigenvalue weighted by molar-refractivity contribution is 7.80. The van der Waals surface area contributed by atoms with Crippen molar-refractivity contribution in [2.45, 2.75) is 48.2 Å². The molecule has 77 heavy (non-hydrogen) atoms. The number of esters is 1. The fourth-order valence-corrected chi connectivity index (χ4v) is 12.0. The first-order valence-electron chi connectivity index (χ1n) is 25.3. The van der Waals surface area contributed by atoms with E-state index in [2.05, 4.69) is 47.0 Å². The molecule has 3 heterocycles. The maximum atomic E-state index is 15.4. The Balaban J connectivity index is 0.986. The van der Waals surface area contributed by atoms with Crippen LogP contribution in [0.25, 0.3) is 0 Å². The molecule has 0 aliphatic carbocycles. The van der Waals surface area contributed by atoms with Crippen molar-refractivity contribution in [3.63, 3.8) is 0 Å². The number of piperidine rings is 1. The van der Waals surface area contributed by atoms with Gasteiger partial charge in [-0.05, 0) is 40.7 Å². The van der Waals surface area contributed by atoms with E-state index in [1.165, 1.54) is 4.90 Å². The Morgan fingerprint density at radius 1 is 0.623 bits per heavy atom. The van der Waals surface area contributed by atoms with Gasteiger partial charge in [0.15, 0.2) is 23.0 Å². The second-order valence-electron chi connectivity index (χ2n) is 18.7. The highest BCUT2D eigenvalue weighted by Gasteiger charge is 2.57. The molecule has 0 saturated carbocycles. The summed E-state index contributed by atoms with van der Waals surface area (Å²) in [5, 5.41) is 12.0. The van der Waals surface area contributed by atoms with Crippen LogP contribution >= 0.6 is 35.2 Å². The van der Waals surface area contributed by atoms with E-state index in [1.807, 2.05) is 206 Å². The second kappa shape index (κ2) is 22.3. The van der Waals surface area contributed by atoms with E-state index in [0.717, 1.165) is 55.8 Å². The highest BCUT2D eigenvalue weighted by Crippen LogP contribution is 2.44. The number of β-lactam (4-membered cyclic amide) rings is 1. The van der Waals surface area contributed by atoms with Crippen LogP contribution in [0, 0.1) is 0 Å². The summed E-state index contributed by atoms with van der Waals surface area (Å²) in [4.78, 5) is 58.3. The molecule has 13 heteroatoms. The fraction of sp³-hybridized carbons (Fsp3) is 0.125. The van der Waals surface area contributed by atoms with Gasteiger partial charge < -0.3 is 25.1 Å². The Morgan fingerprint density at radius 2 is 1.03 bits per heavy atom. The largest absolute Gasteiger partial charge is 0.451 e.